The highest BCUT2D eigenvalue weighted by atomic mass is 32.2. The van der Waals surface area contributed by atoms with E-state index in [2.05, 4.69) is 4.72 Å². The van der Waals surface area contributed by atoms with Gasteiger partial charge in [0.2, 0.25) is 10.0 Å². The van der Waals surface area contributed by atoms with Gasteiger partial charge in [-0.25, -0.2) is 13.1 Å². The molecule has 1 rings (SSSR count). The summed E-state index contributed by atoms with van der Waals surface area (Å²) in [6.07, 6.45) is 2.77. The molecule has 0 atom stereocenters. The van der Waals surface area contributed by atoms with Crippen LogP contribution in [0.15, 0.2) is 0 Å². The van der Waals surface area contributed by atoms with Crippen molar-refractivity contribution in [1.29, 1.82) is 0 Å². The molecule has 14 heavy (non-hydrogen) atoms. The zero-order valence-corrected chi connectivity index (χ0v) is 9.73. The summed E-state index contributed by atoms with van der Waals surface area (Å²) in [5.74, 6) is 0.669. The Hall–Kier alpha value is -0.130. The van der Waals surface area contributed by atoms with E-state index in [4.69, 9.17) is 5.73 Å². The van der Waals surface area contributed by atoms with Gasteiger partial charge < -0.3 is 5.73 Å². The Labute approximate surface area is 86.3 Å². The Morgan fingerprint density at radius 2 is 2.00 bits per heavy atom. The maximum absolute atomic E-state index is 11.6. The molecule has 1 aliphatic rings. The quantitative estimate of drug-likeness (QED) is 0.682. The maximum Gasteiger partial charge on any atom is 0.212 e. The molecule has 1 aliphatic carbocycles. The predicted molar refractivity (Wildman–Crippen MR) is 57.4 cm³/mol. The molecule has 0 aliphatic heterocycles. The summed E-state index contributed by atoms with van der Waals surface area (Å²) in [6.45, 7) is 4.23. The van der Waals surface area contributed by atoms with Crippen LogP contribution in [0.1, 0.15) is 33.1 Å². The standard InChI is InChI=1S/C9H20N2O2S/c1-9(2,5-6-10)11-14(12,13)7-8-3-4-8/h8,11H,3-7,10H2,1-2H3. The molecule has 1 saturated carbocycles. The van der Waals surface area contributed by atoms with E-state index in [1.807, 2.05) is 13.8 Å². The lowest BCUT2D eigenvalue weighted by molar-refractivity contribution is 0.427. The summed E-state index contributed by atoms with van der Waals surface area (Å²) >= 11 is 0. The average Bonchev–Trinajstić information content (AvgIpc) is 2.66. The molecule has 84 valence electrons. The van der Waals surface area contributed by atoms with Crippen molar-refractivity contribution >= 4 is 10.0 Å². The van der Waals surface area contributed by atoms with Crippen LogP contribution in [0.4, 0.5) is 0 Å². The van der Waals surface area contributed by atoms with Crippen LogP contribution in [0.2, 0.25) is 0 Å². The molecule has 0 heterocycles. The Balaban J connectivity index is 2.47. The highest BCUT2D eigenvalue weighted by Gasteiger charge is 2.31. The number of rotatable bonds is 6. The van der Waals surface area contributed by atoms with E-state index in [-0.39, 0.29) is 5.75 Å². The topological polar surface area (TPSA) is 72.2 Å². The van der Waals surface area contributed by atoms with Gasteiger partial charge >= 0.3 is 0 Å². The summed E-state index contributed by atoms with van der Waals surface area (Å²) in [6, 6.07) is 0. The summed E-state index contributed by atoms with van der Waals surface area (Å²) < 4.78 is 25.9. The van der Waals surface area contributed by atoms with Crippen molar-refractivity contribution in [3.8, 4) is 0 Å². The molecule has 0 unspecified atom stereocenters. The molecule has 1 fully saturated rings. The average molecular weight is 220 g/mol. The summed E-state index contributed by atoms with van der Waals surface area (Å²) in [7, 11) is -3.10. The minimum atomic E-state index is -3.10. The Kier molecular flexibility index (Phi) is 3.55. The van der Waals surface area contributed by atoms with Crippen LogP contribution in [-0.2, 0) is 10.0 Å². The third-order valence-corrected chi connectivity index (χ3v) is 4.13. The van der Waals surface area contributed by atoms with Gasteiger partial charge in [0.15, 0.2) is 0 Å². The van der Waals surface area contributed by atoms with E-state index < -0.39 is 15.6 Å². The monoisotopic (exact) mass is 220 g/mol. The van der Waals surface area contributed by atoms with Crippen molar-refractivity contribution in [2.75, 3.05) is 12.3 Å². The van der Waals surface area contributed by atoms with E-state index in [1.54, 1.807) is 0 Å². The first-order valence-corrected chi connectivity index (χ1v) is 6.71. The van der Waals surface area contributed by atoms with Crippen LogP contribution in [-0.4, -0.2) is 26.3 Å². The van der Waals surface area contributed by atoms with E-state index in [0.717, 1.165) is 12.8 Å². The second kappa shape index (κ2) is 4.16. The molecule has 0 bridgehead atoms. The number of sulfonamides is 1. The predicted octanol–water partition coefficient (Wildman–Crippen LogP) is 0.443. The fourth-order valence-electron chi connectivity index (χ4n) is 1.47. The van der Waals surface area contributed by atoms with Crippen LogP contribution in [0, 0.1) is 5.92 Å². The van der Waals surface area contributed by atoms with Crippen LogP contribution < -0.4 is 10.5 Å². The molecule has 4 nitrogen and oxygen atoms in total. The summed E-state index contributed by atoms with van der Waals surface area (Å²) in [5, 5.41) is 0. The van der Waals surface area contributed by atoms with Gasteiger partial charge in [-0.05, 0) is 45.6 Å². The van der Waals surface area contributed by atoms with Crippen LogP contribution in [0.5, 0.6) is 0 Å². The number of hydrogen-bond donors (Lipinski definition) is 2. The zero-order chi connectivity index (χ0) is 10.8. The van der Waals surface area contributed by atoms with Crippen LogP contribution in [0.3, 0.4) is 0 Å². The Morgan fingerprint density at radius 3 is 2.43 bits per heavy atom. The van der Waals surface area contributed by atoms with Gasteiger partial charge in [0.05, 0.1) is 5.75 Å². The second-order valence-electron chi connectivity index (χ2n) is 4.75. The first-order valence-electron chi connectivity index (χ1n) is 5.06. The first kappa shape index (κ1) is 11.9. The summed E-state index contributed by atoms with van der Waals surface area (Å²) in [4.78, 5) is 0. The normalized spacial score (nSPS) is 18.5. The van der Waals surface area contributed by atoms with E-state index in [1.165, 1.54) is 0 Å². The minimum Gasteiger partial charge on any atom is -0.330 e. The van der Waals surface area contributed by atoms with Crippen molar-refractivity contribution in [2.45, 2.75) is 38.6 Å². The first-order chi connectivity index (χ1) is 6.35. The lowest BCUT2D eigenvalue weighted by Crippen LogP contribution is -2.45. The maximum atomic E-state index is 11.6. The van der Waals surface area contributed by atoms with Gasteiger partial charge in [-0.3, -0.25) is 0 Å². The van der Waals surface area contributed by atoms with Gasteiger partial charge in [0, 0.05) is 5.54 Å². The number of hydrogen-bond acceptors (Lipinski definition) is 3. The SMILES string of the molecule is CC(C)(CCN)NS(=O)(=O)CC1CC1. The van der Waals surface area contributed by atoms with E-state index in [0.29, 0.717) is 18.9 Å². The van der Waals surface area contributed by atoms with Gasteiger partial charge in [-0.15, -0.1) is 0 Å². The van der Waals surface area contributed by atoms with Gasteiger partial charge in [-0.1, -0.05) is 0 Å². The van der Waals surface area contributed by atoms with Crippen LogP contribution >= 0.6 is 0 Å². The van der Waals surface area contributed by atoms with Crippen molar-refractivity contribution < 1.29 is 8.42 Å². The molecule has 5 heteroatoms. The minimum absolute atomic E-state index is 0.279. The second-order valence-corrected chi connectivity index (χ2v) is 6.52. The molecule has 0 aromatic carbocycles. The zero-order valence-electron chi connectivity index (χ0n) is 8.91. The molecule has 0 saturated heterocycles. The fourth-order valence-corrected chi connectivity index (χ4v) is 3.45. The lowest BCUT2D eigenvalue weighted by Gasteiger charge is -2.25. The number of nitrogens with one attached hydrogen (secondary N) is 1. The van der Waals surface area contributed by atoms with Crippen molar-refractivity contribution in [3.63, 3.8) is 0 Å². The van der Waals surface area contributed by atoms with E-state index >= 15 is 0 Å². The lowest BCUT2D eigenvalue weighted by atomic mass is 10.0. The van der Waals surface area contributed by atoms with Gasteiger partial charge in [-0.2, -0.15) is 0 Å². The highest BCUT2D eigenvalue weighted by molar-refractivity contribution is 7.89. The third-order valence-electron chi connectivity index (χ3n) is 2.35. The van der Waals surface area contributed by atoms with Crippen LogP contribution in [0.25, 0.3) is 0 Å². The van der Waals surface area contributed by atoms with Crippen molar-refractivity contribution in [3.05, 3.63) is 0 Å². The number of nitrogens with two attached hydrogens (primary N) is 1. The molecule has 0 aromatic heterocycles. The van der Waals surface area contributed by atoms with Gasteiger partial charge in [0.25, 0.3) is 0 Å². The molecule has 0 radical (unpaired) electrons. The van der Waals surface area contributed by atoms with Gasteiger partial charge in [0.1, 0.15) is 0 Å². The molecular formula is C9H20N2O2S. The highest BCUT2D eigenvalue weighted by Crippen LogP contribution is 2.30. The Bertz CT molecular complexity index is 281. The molecule has 0 amide bonds. The molecule has 0 spiro atoms. The summed E-state index contributed by atoms with van der Waals surface area (Å²) in [5.41, 5.74) is 5.00. The molecular weight excluding hydrogens is 200 g/mol. The van der Waals surface area contributed by atoms with Crippen molar-refractivity contribution in [2.24, 2.45) is 11.7 Å². The third kappa shape index (κ3) is 4.39. The van der Waals surface area contributed by atoms with E-state index in [9.17, 15) is 8.42 Å². The fraction of sp³-hybridized carbons (Fsp3) is 1.00. The molecule has 0 aromatic rings. The molecule has 3 N–H and O–H groups in total. The largest absolute Gasteiger partial charge is 0.330 e. The Morgan fingerprint density at radius 1 is 1.43 bits per heavy atom. The smallest absolute Gasteiger partial charge is 0.212 e. The van der Waals surface area contributed by atoms with Crippen molar-refractivity contribution in [1.82, 2.24) is 4.72 Å².